The fourth-order valence-corrected chi connectivity index (χ4v) is 4.14. The van der Waals surface area contributed by atoms with Gasteiger partial charge in [-0.25, -0.2) is 9.07 Å². The quantitative estimate of drug-likeness (QED) is 0.339. The molecule has 168 valence electrons. The second-order valence-electron chi connectivity index (χ2n) is 7.30. The number of carbonyl (C=O) groups excluding carboxylic acids is 1. The third-order valence-electron chi connectivity index (χ3n) is 4.96. The molecule has 0 unspecified atom stereocenters. The second-order valence-corrected chi connectivity index (χ2v) is 8.24. The van der Waals surface area contributed by atoms with Crippen molar-refractivity contribution in [2.45, 2.75) is 5.16 Å². The van der Waals surface area contributed by atoms with E-state index in [2.05, 4.69) is 20.6 Å². The Morgan fingerprint density at radius 1 is 0.853 bits per heavy atom. The SMILES string of the molecule is O=C(CSc1nnc(-c2ccc(F)cc2)n1-c1ccccc1)Nc1ccn(-c2ccccc2)n1. The van der Waals surface area contributed by atoms with Crippen LogP contribution in [0, 0.1) is 5.82 Å². The van der Waals surface area contributed by atoms with Crippen molar-refractivity contribution in [2.75, 3.05) is 11.1 Å². The molecule has 1 N–H and O–H groups in total. The molecule has 0 bridgehead atoms. The van der Waals surface area contributed by atoms with E-state index in [-0.39, 0.29) is 17.5 Å². The number of thioether (sulfide) groups is 1. The summed E-state index contributed by atoms with van der Waals surface area (Å²) in [5, 5.41) is 16.4. The fourth-order valence-electron chi connectivity index (χ4n) is 3.38. The van der Waals surface area contributed by atoms with Crippen molar-refractivity contribution in [1.29, 1.82) is 0 Å². The lowest BCUT2D eigenvalue weighted by Crippen LogP contribution is -2.15. The van der Waals surface area contributed by atoms with Crippen LogP contribution in [0.5, 0.6) is 0 Å². The van der Waals surface area contributed by atoms with Crippen molar-refractivity contribution in [3.63, 3.8) is 0 Å². The van der Waals surface area contributed by atoms with Crippen molar-refractivity contribution in [3.05, 3.63) is 103 Å². The Morgan fingerprint density at radius 2 is 1.53 bits per heavy atom. The Labute approximate surface area is 199 Å². The van der Waals surface area contributed by atoms with Crippen LogP contribution in [0.4, 0.5) is 10.2 Å². The first-order valence-corrected chi connectivity index (χ1v) is 11.5. The summed E-state index contributed by atoms with van der Waals surface area (Å²) in [7, 11) is 0. The summed E-state index contributed by atoms with van der Waals surface area (Å²) in [6.45, 7) is 0. The lowest BCUT2D eigenvalue weighted by atomic mass is 10.2. The summed E-state index contributed by atoms with van der Waals surface area (Å²) < 4.78 is 17.0. The number of amides is 1. The molecule has 3 aromatic carbocycles. The average Bonchev–Trinajstić information content (AvgIpc) is 3.52. The van der Waals surface area contributed by atoms with Gasteiger partial charge in [-0.1, -0.05) is 48.2 Å². The zero-order valence-corrected chi connectivity index (χ0v) is 18.7. The van der Waals surface area contributed by atoms with E-state index in [1.165, 1.54) is 23.9 Å². The van der Waals surface area contributed by atoms with Crippen LogP contribution < -0.4 is 5.32 Å². The largest absolute Gasteiger partial charge is 0.308 e. The molecule has 0 aliphatic carbocycles. The van der Waals surface area contributed by atoms with Crippen LogP contribution in [0.25, 0.3) is 22.8 Å². The monoisotopic (exact) mass is 470 g/mol. The molecule has 2 heterocycles. The van der Waals surface area contributed by atoms with Crippen LogP contribution in [0.15, 0.2) is 102 Å². The molecule has 0 fully saturated rings. The zero-order valence-electron chi connectivity index (χ0n) is 17.9. The van der Waals surface area contributed by atoms with Gasteiger partial charge in [0.15, 0.2) is 16.8 Å². The highest BCUT2D eigenvalue weighted by Crippen LogP contribution is 2.28. The molecule has 0 radical (unpaired) electrons. The van der Waals surface area contributed by atoms with Gasteiger partial charge in [-0.15, -0.1) is 10.2 Å². The first-order chi connectivity index (χ1) is 16.7. The van der Waals surface area contributed by atoms with Gasteiger partial charge in [0.25, 0.3) is 0 Å². The van der Waals surface area contributed by atoms with Gasteiger partial charge in [0, 0.05) is 23.5 Å². The second kappa shape index (κ2) is 9.72. The Kier molecular flexibility index (Phi) is 6.17. The molecule has 5 rings (SSSR count). The smallest absolute Gasteiger partial charge is 0.236 e. The number of para-hydroxylation sites is 2. The molecule has 0 spiro atoms. The number of aromatic nitrogens is 5. The van der Waals surface area contributed by atoms with Crippen molar-refractivity contribution in [2.24, 2.45) is 0 Å². The summed E-state index contributed by atoms with van der Waals surface area (Å²) in [6.07, 6.45) is 1.79. The first-order valence-electron chi connectivity index (χ1n) is 10.5. The van der Waals surface area contributed by atoms with Gasteiger partial charge in [-0.3, -0.25) is 9.36 Å². The van der Waals surface area contributed by atoms with Gasteiger partial charge in [0.1, 0.15) is 5.82 Å². The number of nitrogens with zero attached hydrogens (tertiary/aromatic N) is 5. The Bertz CT molecular complexity index is 1400. The summed E-state index contributed by atoms with van der Waals surface area (Å²) in [6, 6.07) is 27.1. The lowest BCUT2D eigenvalue weighted by Gasteiger charge is -2.10. The minimum absolute atomic E-state index is 0.118. The highest BCUT2D eigenvalue weighted by atomic mass is 32.2. The van der Waals surface area contributed by atoms with Gasteiger partial charge in [0.05, 0.1) is 11.4 Å². The predicted molar refractivity (Wildman–Crippen MR) is 130 cm³/mol. The van der Waals surface area contributed by atoms with Crippen molar-refractivity contribution < 1.29 is 9.18 Å². The fraction of sp³-hybridized carbons (Fsp3) is 0.0400. The molecule has 0 saturated heterocycles. The summed E-state index contributed by atoms with van der Waals surface area (Å²) in [4.78, 5) is 12.6. The number of halogens is 1. The Hall–Kier alpha value is -4.24. The molecular formula is C25H19FN6OS. The number of rotatable bonds is 7. The minimum atomic E-state index is -0.324. The molecule has 5 aromatic rings. The number of benzene rings is 3. The maximum atomic E-state index is 13.4. The third kappa shape index (κ3) is 4.74. The van der Waals surface area contributed by atoms with Crippen LogP contribution in [-0.2, 0) is 4.79 Å². The first kappa shape index (κ1) is 21.6. The van der Waals surface area contributed by atoms with Crippen LogP contribution in [0.2, 0.25) is 0 Å². The van der Waals surface area contributed by atoms with E-state index in [0.717, 1.165) is 16.9 Å². The summed E-state index contributed by atoms with van der Waals surface area (Å²) in [5.41, 5.74) is 2.47. The standard InChI is InChI=1S/C25H19FN6OS/c26-19-13-11-18(12-14-19)24-28-29-25(32(24)21-9-5-2-6-10-21)34-17-23(33)27-22-15-16-31(30-22)20-7-3-1-4-8-20/h1-16H,17H2,(H,27,30,33). The molecule has 0 aliphatic rings. The van der Waals surface area contributed by atoms with Crippen LogP contribution >= 0.6 is 11.8 Å². The van der Waals surface area contributed by atoms with Crippen molar-refractivity contribution >= 4 is 23.5 Å². The highest BCUT2D eigenvalue weighted by Gasteiger charge is 2.17. The molecular weight excluding hydrogens is 451 g/mol. The van der Waals surface area contributed by atoms with Gasteiger partial charge in [0.2, 0.25) is 5.91 Å². The summed E-state index contributed by atoms with van der Waals surface area (Å²) >= 11 is 1.26. The zero-order chi connectivity index (χ0) is 23.3. The number of hydrogen-bond donors (Lipinski definition) is 1. The van der Waals surface area contributed by atoms with Gasteiger partial charge >= 0.3 is 0 Å². The predicted octanol–water partition coefficient (Wildman–Crippen LogP) is 4.99. The van der Waals surface area contributed by atoms with E-state index in [1.807, 2.05) is 65.2 Å². The van der Waals surface area contributed by atoms with Gasteiger partial charge < -0.3 is 5.32 Å². The molecule has 1 amide bonds. The van der Waals surface area contributed by atoms with E-state index in [9.17, 15) is 9.18 Å². The van der Waals surface area contributed by atoms with E-state index in [0.29, 0.717) is 16.8 Å². The maximum Gasteiger partial charge on any atom is 0.236 e. The lowest BCUT2D eigenvalue weighted by molar-refractivity contribution is -0.113. The number of carbonyl (C=O) groups is 1. The normalized spacial score (nSPS) is 10.9. The number of nitrogens with one attached hydrogen (secondary N) is 1. The Balaban J connectivity index is 1.33. The molecule has 9 heteroatoms. The molecule has 0 aliphatic heterocycles. The van der Waals surface area contributed by atoms with Gasteiger partial charge in [-0.2, -0.15) is 5.10 Å². The number of hydrogen-bond acceptors (Lipinski definition) is 5. The average molecular weight is 471 g/mol. The van der Waals surface area contributed by atoms with E-state index >= 15 is 0 Å². The number of anilines is 1. The van der Waals surface area contributed by atoms with E-state index in [4.69, 9.17) is 0 Å². The Morgan fingerprint density at radius 3 is 2.24 bits per heavy atom. The molecule has 2 aromatic heterocycles. The third-order valence-corrected chi connectivity index (χ3v) is 5.89. The molecule has 0 atom stereocenters. The topological polar surface area (TPSA) is 77.6 Å². The maximum absolute atomic E-state index is 13.4. The van der Waals surface area contributed by atoms with Crippen LogP contribution in [0.3, 0.4) is 0 Å². The minimum Gasteiger partial charge on any atom is -0.308 e. The summed E-state index contributed by atoms with van der Waals surface area (Å²) in [5.74, 6) is 0.610. The molecule has 7 nitrogen and oxygen atoms in total. The highest BCUT2D eigenvalue weighted by molar-refractivity contribution is 7.99. The molecule has 34 heavy (non-hydrogen) atoms. The van der Waals surface area contributed by atoms with Crippen LogP contribution in [-0.4, -0.2) is 36.2 Å². The van der Waals surface area contributed by atoms with Gasteiger partial charge in [-0.05, 0) is 48.5 Å². The van der Waals surface area contributed by atoms with Crippen molar-refractivity contribution in [3.8, 4) is 22.8 Å². The van der Waals surface area contributed by atoms with Crippen LogP contribution in [0.1, 0.15) is 0 Å². The molecule has 0 saturated carbocycles. The van der Waals surface area contributed by atoms with E-state index < -0.39 is 0 Å². The van der Waals surface area contributed by atoms with Crippen molar-refractivity contribution in [1.82, 2.24) is 24.5 Å². The van der Waals surface area contributed by atoms with E-state index in [1.54, 1.807) is 29.1 Å².